The highest BCUT2D eigenvalue weighted by Gasteiger charge is 2.12. The molecule has 0 aromatic carbocycles. The zero-order valence-corrected chi connectivity index (χ0v) is 10.6. The summed E-state index contributed by atoms with van der Waals surface area (Å²) in [7, 11) is 0. The van der Waals surface area contributed by atoms with Gasteiger partial charge in [0.25, 0.3) is 11.5 Å². The number of hydrogen-bond acceptors (Lipinski definition) is 5. The van der Waals surface area contributed by atoms with Crippen LogP contribution in [0.5, 0.6) is 5.88 Å². The van der Waals surface area contributed by atoms with Gasteiger partial charge in [-0.1, -0.05) is 0 Å². The lowest BCUT2D eigenvalue weighted by Crippen LogP contribution is -2.29. The minimum absolute atomic E-state index is 0.0309. The number of nitrogens with one attached hydrogen (secondary N) is 2. The van der Waals surface area contributed by atoms with Crippen molar-refractivity contribution in [3.63, 3.8) is 0 Å². The minimum atomic E-state index is -0.800. The molecule has 0 bridgehead atoms. The maximum atomic E-state index is 11.7. The highest BCUT2D eigenvalue weighted by molar-refractivity contribution is 7.07. The number of aromatic amines is 1. The Bertz CT molecular complexity index is 621. The first-order valence-electron chi connectivity index (χ1n) is 5.48. The topological polar surface area (TPSA) is 102 Å². The van der Waals surface area contributed by atoms with Gasteiger partial charge in [-0.05, 0) is 22.4 Å². The quantitative estimate of drug-likeness (QED) is 0.658. The molecule has 0 fully saturated rings. The van der Waals surface area contributed by atoms with Crippen LogP contribution in [0.3, 0.4) is 0 Å². The monoisotopic (exact) mass is 280 g/mol. The molecule has 2 rings (SSSR count). The Labute approximate surface area is 112 Å². The fourth-order valence-corrected chi connectivity index (χ4v) is 2.24. The van der Waals surface area contributed by atoms with Crippen LogP contribution in [-0.4, -0.2) is 27.6 Å². The number of aromatic nitrogens is 1. The Balaban J connectivity index is 1.99. The van der Waals surface area contributed by atoms with E-state index in [0.29, 0.717) is 0 Å². The molecule has 1 amide bonds. The van der Waals surface area contributed by atoms with E-state index in [1.165, 1.54) is 11.3 Å². The molecule has 7 heteroatoms. The van der Waals surface area contributed by atoms with Gasteiger partial charge in [-0.15, -0.1) is 0 Å². The van der Waals surface area contributed by atoms with Crippen molar-refractivity contribution in [1.29, 1.82) is 0 Å². The Kier molecular flexibility index (Phi) is 3.98. The van der Waals surface area contributed by atoms with Crippen LogP contribution < -0.4 is 10.9 Å². The Morgan fingerprint density at radius 2 is 2.26 bits per heavy atom. The van der Waals surface area contributed by atoms with Crippen molar-refractivity contribution in [3.8, 4) is 5.88 Å². The molecule has 2 aromatic rings. The number of hydrogen-bond donors (Lipinski definition) is 4. The van der Waals surface area contributed by atoms with Crippen LogP contribution in [0.2, 0.25) is 0 Å². The summed E-state index contributed by atoms with van der Waals surface area (Å²) in [6.45, 7) is 0.0309. The molecule has 4 N–H and O–H groups in total. The second-order valence-corrected chi connectivity index (χ2v) is 4.68. The molecule has 6 nitrogen and oxygen atoms in total. The Morgan fingerprint density at radius 3 is 2.89 bits per heavy atom. The van der Waals surface area contributed by atoms with Crippen molar-refractivity contribution >= 4 is 17.2 Å². The SMILES string of the molecule is O=C(NCC(O)c1ccsc1)c1cc(O)[nH]c(=O)c1. The van der Waals surface area contributed by atoms with Gasteiger partial charge in [0.05, 0.1) is 11.7 Å². The van der Waals surface area contributed by atoms with Crippen molar-refractivity contribution in [2.75, 3.05) is 6.54 Å². The summed E-state index contributed by atoms with van der Waals surface area (Å²) < 4.78 is 0. The number of aromatic hydroxyl groups is 1. The van der Waals surface area contributed by atoms with Crippen LogP contribution >= 0.6 is 11.3 Å². The van der Waals surface area contributed by atoms with Gasteiger partial charge in [0, 0.05) is 18.7 Å². The van der Waals surface area contributed by atoms with Gasteiger partial charge in [0.2, 0.25) is 0 Å². The largest absolute Gasteiger partial charge is 0.494 e. The molecule has 0 spiro atoms. The zero-order chi connectivity index (χ0) is 13.8. The molecule has 0 saturated heterocycles. The molecular weight excluding hydrogens is 268 g/mol. The maximum Gasteiger partial charge on any atom is 0.251 e. The fourth-order valence-electron chi connectivity index (χ4n) is 1.53. The second kappa shape index (κ2) is 5.68. The number of amides is 1. The first kappa shape index (κ1) is 13.3. The molecule has 100 valence electrons. The standard InChI is InChI=1S/C12H12N2O4S/c15-9(7-1-2-19-6-7)5-13-12(18)8-3-10(16)14-11(17)4-8/h1-4,6,9,15H,5H2,(H,13,18)(H2,14,16,17). The molecule has 0 aliphatic rings. The van der Waals surface area contributed by atoms with Crippen LogP contribution in [-0.2, 0) is 0 Å². The van der Waals surface area contributed by atoms with Gasteiger partial charge in [-0.2, -0.15) is 11.3 Å². The first-order chi connectivity index (χ1) is 9.06. The molecule has 19 heavy (non-hydrogen) atoms. The lowest BCUT2D eigenvalue weighted by Gasteiger charge is -2.10. The number of H-pyrrole nitrogens is 1. The van der Waals surface area contributed by atoms with Gasteiger partial charge < -0.3 is 15.5 Å². The molecule has 0 aliphatic carbocycles. The summed E-state index contributed by atoms with van der Waals surface area (Å²) in [5.74, 6) is -0.910. The normalized spacial score (nSPS) is 12.1. The summed E-state index contributed by atoms with van der Waals surface area (Å²) in [6.07, 6.45) is -0.800. The number of carbonyl (C=O) groups is 1. The van der Waals surface area contributed by atoms with Gasteiger partial charge in [-0.25, -0.2) is 0 Å². The third-order valence-electron chi connectivity index (χ3n) is 2.48. The van der Waals surface area contributed by atoms with E-state index < -0.39 is 17.6 Å². The highest BCUT2D eigenvalue weighted by atomic mass is 32.1. The number of thiophene rings is 1. The van der Waals surface area contributed by atoms with Crippen LogP contribution in [0.1, 0.15) is 22.0 Å². The number of aliphatic hydroxyl groups is 1. The predicted molar refractivity (Wildman–Crippen MR) is 70.3 cm³/mol. The molecule has 0 aliphatic heterocycles. The Hall–Kier alpha value is -2.12. The van der Waals surface area contributed by atoms with Crippen molar-refractivity contribution in [2.45, 2.75) is 6.10 Å². The van der Waals surface area contributed by atoms with Crippen LogP contribution in [0.15, 0.2) is 33.8 Å². The molecule has 1 unspecified atom stereocenters. The average molecular weight is 280 g/mol. The van der Waals surface area contributed by atoms with Crippen LogP contribution in [0, 0.1) is 0 Å². The third kappa shape index (κ3) is 3.43. The molecule has 1 atom stereocenters. The number of rotatable bonds is 4. The zero-order valence-electron chi connectivity index (χ0n) is 9.79. The molecule has 2 heterocycles. The van der Waals surface area contributed by atoms with Crippen molar-refractivity contribution in [2.24, 2.45) is 0 Å². The van der Waals surface area contributed by atoms with E-state index in [9.17, 15) is 19.8 Å². The van der Waals surface area contributed by atoms with Gasteiger partial charge in [0.15, 0.2) is 5.88 Å². The predicted octanol–water partition coefficient (Wildman–Crippen LogP) is 0.605. The molecule has 0 radical (unpaired) electrons. The maximum absolute atomic E-state index is 11.7. The number of carbonyl (C=O) groups excluding carboxylic acids is 1. The summed E-state index contributed by atoms with van der Waals surface area (Å²) in [5.41, 5.74) is 0.196. The highest BCUT2D eigenvalue weighted by Crippen LogP contribution is 2.15. The summed E-state index contributed by atoms with van der Waals surface area (Å²) >= 11 is 1.45. The minimum Gasteiger partial charge on any atom is -0.494 e. The van der Waals surface area contributed by atoms with E-state index in [-0.39, 0.29) is 18.0 Å². The average Bonchev–Trinajstić information content (AvgIpc) is 2.88. The summed E-state index contributed by atoms with van der Waals surface area (Å²) in [5, 5.41) is 25.1. The van der Waals surface area contributed by atoms with Crippen LogP contribution in [0.25, 0.3) is 0 Å². The lowest BCUT2D eigenvalue weighted by atomic mass is 10.2. The molecular formula is C12H12N2O4S. The van der Waals surface area contributed by atoms with Crippen LogP contribution in [0.4, 0.5) is 0 Å². The van der Waals surface area contributed by atoms with E-state index in [0.717, 1.165) is 17.7 Å². The smallest absolute Gasteiger partial charge is 0.251 e. The van der Waals surface area contributed by atoms with Gasteiger partial charge in [-0.3, -0.25) is 14.6 Å². The second-order valence-electron chi connectivity index (χ2n) is 3.90. The first-order valence-corrected chi connectivity index (χ1v) is 6.42. The van der Waals surface area contributed by atoms with E-state index in [4.69, 9.17) is 0 Å². The third-order valence-corrected chi connectivity index (χ3v) is 3.18. The van der Waals surface area contributed by atoms with Gasteiger partial charge >= 0.3 is 0 Å². The Morgan fingerprint density at radius 1 is 1.47 bits per heavy atom. The lowest BCUT2D eigenvalue weighted by molar-refractivity contribution is 0.0916. The van der Waals surface area contributed by atoms with Crippen molar-refractivity contribution in [1.82, 2.24) is 10.3 Å². The van der Waals surface area contributed by atoms with Crippen molar-refractivity contribution < 1.29 is 15.0 Å². The number of aliphatic hydroxyl groups excluding tert-OH is 1. The number of pyridine rings is 1. The summed E-state index contributed by atoms with van der Waals surface area (Å²) in [4.78, 5) is 25.0. The molecule has 2 aromatic heterocycles. The van der Waals surface area contributed by atoms with E-state index in [2.05, 4.69) is 10.3 Å². The van der Waals surface area contributed by atoms with E-state index >= 15 is 0 Å². The van der Waals surface area contributed by atoms with E-state index in [1.807, 2.05) is 5.38 Å². The van der Waals surface area contributed by atoms with Crippen molar-refractivity contribution in [3.05, 3.63) is 50.4 Å². The fraction of sp³-hybridized carbons (Fsp3) is 0.167. The van der Waals surface area contributed by atoms with E-state index in [1.54, 1.807) is 11.4 Å². The summed E-state index contributed by atoms with van der Waals surface area (Å²) in [6, 6.07) is 3.99. The molecule has 0 saturated carbocycles. The van der Waals surface area contributed by atoms with Gasteiger partial charge in [0.1, 0.15) is 0 Å².